The quantitative estimate of drug-likeness (QED) is 0.850. The van der Waals surface area contributed by atoms with Gasteiger partial charge in [-0.25, -0.2) is 4.39 Å². The standard InChI is InChI=1S/C13H18FNO/c1-13(7-4-8-15-13)11-6-3-5-10(9-16-2)12(11)14/h3,5-6,15H,4,7-9H2,1-2H3. The summed E-state index contributed by atoms with van der Waals surface area (Å²) >= 11 is 0. The lowest BCUT2D eigenvalue weighted by atomic mass is 9.89. The fourth-order valence-corrected chi connectivity index (χ4v) is 2.40. The minimum absolute atomic E-state index is 0.124. The van der Waals surface area contributed by atoms with E-state index in [1.165, 1.54) is 0 Å². The van der Waals surface area contributed by atoms with Gasteiger partial charge in [-0.1, -0.05) is 18.2 Å². The Morgan fingerprint density at radius 2 is 2.31 bits per heavy atom. The Labute approximate surface area is 95.8 Å². The van der Waals surface area contributed by atoms with E-state index in [9.17, 15) is 4.39 Å². The fraction of sp³-hybridized carbons (Fsp3) is 0.538. The van der Waals surface area contributed by atoms with Crippen molar-refractivity contribution in [1.82, 2.24) is 5.32 Å². The molecule has 16 heavy (non-hydrogen) atoms. The number of benzene rings is 1. The van der Waals surface area contributed by atoms with Gasteiger partial charge in [-0.2, -0.15) is 0 Å². The van der Waals surface area contributed by atoms with Crippen LogP contribution >= 0.6 is 0 Å². The number of methoxy groups -OCH3 is 1. The fourth-order valence-electron chi connectivity index (χ4n) is 2.40. The van der Waals surface area contributed by atoms with Gasteiger partial charge in [0.05, 0.1) is 6.61 Å². The molecular formula is C13H18FNO. The highest BCUT2D eigenvalue weighted by Crippen LogP contribution is 2.33. The van der Waals surface area contributed by atoms with Crippen molar-refractivity contribution in [3.8, 4) is 0 Å². The van der Waals surface area contributed by atoms with Crippen LogP contribution in [-0.2, 0) is 16.9 Å². The highest BCUT2D eigenvalue weighted by Gasteiger charge is 2.32. The average molecular weight is 223 g/mol. The molecule has 0 radical (unpaired) electrons. The summed E-state index contributed by atoms with van der Waals surface area (Å²) in [5, 5.41) is 3.38. The first-order chi connectivity index (χ1) is 7.67. The van der Waals surface area contributed by atoms with Crippen LogP contribution in [0.25, 0.3) is 0 Å². The van der Waals surface area contributed by atoms with Crippen LogP contribution in [-0.4, -0.2) is 13.7 Å². The molecule has 1 aliphatic rings. The molecule has 1 heterocycles. The van der Waals surface area contributed by atoms with Crippen LogP contribution in [0.3, 0.4) is 0 Å². The number of hydrogen-bond donors (Lipinski definition) is 1. The van der Waals surface area contributed by atoms with E-state index in [2.05, 4.69) is 12.2 Å². The highest BCUT2D eigenvalue weighted by molar-refractivity contribution is 5.32. The highest BCUT2D eigenvalue weighted by atomic mass is 19.1. The number of nitrogens with one attached hydrogen (secondary N) is 1. The molecule has 1 aliphatic heterocycles. The molecule has 1 fully saturated rings. The Bertz CT molecular complexity index is 372. The molecular weight excluding hydrogens is 205 g/mol. The van der Waals surface area contributed by atoms with Crippen LogP contribution in [0.15, 0.2) is 18.2 Å². The van der Waals surface area contributed by atoms with Gasteiger partial charge in [0, 0.05) is 23.8 Å². The zero-order chi connectivity index (χ0) is 11.6. The SMILES string of the molecule is COCc1cccc(C2(C)CCCN2)c1F. The van der Waals surface area contributed by atoms with E-state index in [4.69, 9.17) is 4.74 Å². The zero-order valence-electron chi connectivity index (χ0n) is 9.85. The molecule has 1 aromatic rings. The molecule has 88 valence electrons. The molecule has 0 saturated carbocycles. The first kappa shape index (κ1) is 11.6. The van der Waals surface area contributed by atoms with Crippen molar-refractivity contribution in [2.24, 2.45) is 0 Å². The average Bonchev–Trinajstić information content (AvgIpc) is 2.70. The monoisotopic (exact) mass is 223 g/mol. The van der Waals surface area contributed by atoms with Crippen LogP contribution in [0.5, 0.6) is 0 Å². The molecule has 2 rings (SSSR count). The first-order valence-corrected chi connectivity index (χ1v) is 5.69. The predicted octanol–water partition coefficient (Wildman–Crippen LogP) is 2.57. The first-order valence-electron chi connectivity index (χ1n) is 5.69. The van der Waals surface area contributed by atoms with Gasteiger partial charge < -0.3 is 10.1 Å². The number of halogens is 1. The van der Waals surface area contributed by atoms with Crippen LogP contribution < -0.4 is 5.32 Å². The molecule has 0 spiro atoms. The van der Waals surface area contributed by atoms with E-state index in [1.54, 1.807) is 13.2 Å². The summed E-state index contributed by atoms with van der Waals surface area (Å²) in [5.41, 5.74) is 1.18. The van der Waals surface area contributed by atoms with Crippen molar-refractivity contribution in [2.75, 3.05) is 13.7 Å². The minimum atomic E-state index is -0.214. The number of rotatable bonds is 3. The Kier molecular flexibility index (Phi) is 3.26. The number of hydrogen-bond acceptors (Lipinski definition) is 2. The molecule has 1 N–H and O–H groups in total. The van der Waals surface area contributed by atoms with Gasteiger partial charge in [0.25, 0.3) is 0 Å². The summed E-state index contributed by atoms with van der Waals surface area (Å²) in [6.45, 7) is 3.36. The summed E-state index contributed by atoms with van der Waals surface area (Å²) in [6.07, 6.45) is 2.09. The van der Waals surface area contributed by atoms with Gasteiger partial charge in [0.15, 0.2) is 0 Å². The second kappa shape index (κ2) is 4.52. The molecule has 0 amide bonds. The van der Waals surface area contributed by atoms with E-state index in [1.807, 2.05) is 12.1 Å². The second-order valence-corrected chi connectivity index (χ2v) is 4.57. The van der Waals surface area contributed by atoms with Crippen molar-refractivity contribution >= 4 is 0 Å². The molecule has 1 saturated heterocycles. The summed E-state index contributed by atoms with van der Waals surface area (Å²) in [6, 6.07) is 5.55. The van der Waals surface area contributed by atoms with Crippen molar-refractivity contribution < 1.29 is 9.13 Å². The largest absolute Gasteiger partial charge is 0.380 e. The van der Waals surface area contributed by atoms with Crippen LogP contribution in [0.4, 0.5) is 4.39 Å². The number of ether oxygens (including phenoxy) is 1. The van der Waals surface area contributed by atoms with Crippen LogP contribution in [0, 0.1) is 5.82 Å². The van der Waals surface area contributed by atoms with Crippen LogP contribution in [0.1, 0.15) is 30.9 Å². The molecule has 1 aromatic carbocycles. The third kappa shape index (κ3) is 1.97. The third-order valence-electron chi connectivity index (χ3n) is 3.34. The zero-order valence-corrected chi connectivity index (χ0v) is 9.85. The van der Waals surface area contributed by atoms with Gasteiger partial charge in [-0.15, -0.1) is 0 Å². The molecule has 1 unspecified atom stereocenters. The maximum atomic E-state index is 14.2. The minimum Gasteiger partial charge on any atom is -0.380 e. The van der Waals surface area contributed by atoms with E-state index >= 15 is 0 Å². The second-order valence-electron chi connectivity index (χ2n) is 4.57. The van der Waals surface area contributed by atoms with Crippen molar-refractivity contribution in [1.29, 1.82) is 0 Å². The molecule has 1 atom stereocenters. The maximum absolute atomic E-state index is 14.2. The van der Waals surface area contributed by atoms with Gasteiger partial charge >= 0.3 is 0 Å². The van der Waals surface area contributed by atoms with Gasteiger partial charge in [-0.3, -0.25) is 0 Å². The molecule has 2 nitrogen and oxygen atoms in total. The lowest BCUT2D eigenvalue weighted by Gasteiger charge is -2.26. The van der Waals surface area contributed by atoms with Gasteiger partial charge in [0.2, 0.25) is 0 Å². The Hall–Kier alpha value is -0.930. The topological polar surface area (TPSA) is 21.3 Å². The van der Waals surface area contributed by atoms with E-state index in [-0.39, 0.29) is 11.4 Å². The van der Waals surface area contributed by atoms with Crippen molar-refractivity contribution in [3.05, 3.63) is 35.1 Å². The normalized spacial score (nSPS) is 24.9. The van der Waals surface area contributed by atoms with E-state index in [0.29, 0.717) is 12.2 Å². The van der Waals surface area contributed by atoms with E-state index < -0.39 is 0 Å². The van der Waals surface area contributed by atoms with E-state index in [0.717, 1.165) is 24.9 Å². The van der Waals surface area contributed by atoms with Gasteiger partial charge in [-0.05, 0) is 26.3 Å². The van der Waals surface area contributed by atoms with Gasteiger partial charge in [0.1, 0.15) is 5.82 Å². The van der Waals surface area contributed by atoms with Crippen molar-refractivity contribution in [3.63, 3.8) is 0 Å². The molecule has 3 heteroatoms. The summed E-state index contributed by atoms with van der Waals surface area (Å²) in [4.78, 5) is 0. The Morgan fingerprint density at radius 3 is 2.94 bits per heavy atom. The lowest BCUT2D eigenvalue weighted by Crippen LogP contribution is -2.34. The molecule has 0 aromatic heterocycles. The molecule has 0 aliphatic carbocycles. The Balaban J connectivity index is 2.37. The van der Waals surface area contributed by atoms with Crippen molar-refractivity contribution in [2.45, 2.75) is 31.9 Å². The maximum Gasteiger partial charge on any atom is 0.133 e. The predicted molar refractivity (Wildman–Crippen MR) is 61.7 cm³/mol. The summed E-state index contributed by atoms with van der Waals surface area (Å²) < 4.78 is 19.2. The Morgan fingerprint density at radius 1 is 1.50 bits per heavy atom. The summed E-state index contributed by atoms with van der Waals surface area (Å²) in [7, 11) is 1.58. The smallest absolute Gasteiger partial charge is 0.133 e. The third-order valence-corrected chi connectivity index (χ3v) is 3.34. The summed E-state index contributed by atoms with van der Waals surface area (Å²) in [5.74, 6) is -0.124. The van der Waals surface area contributed by atoms with Crippen LogP contribution in [0.2, 0.25) is 0 Å². The molecule has 0 bridgehead atoms. The lowest BCUT2D eigenvalue weighted by molar-refractivity contribution is 0.181.